The van der Waals surface area contributed by atoms with Crippen LogP contribution in [0, 0.1) is 0 Å². The lowest BCUT2D eigenvalue weighted by molar-refractivity contribution is 0.502. The molecule has 4 heterocycles. The summed E-state index contributed by atoms with van der Waals surface area (Å²) in [5, 5.41) is 2.22. The van der Waals surface area contributed by atoms with Crippen LogP contribution in [0.25, 0.3) is 0 Å². The van der Waals surface area contributed by atoms with Crippen LogP contribution in [-0.2, 0) is 0 Å². The van der Waals surface area contributed by atoms with Crippen molar-refractivity contribution in [1.82, 2.24) is 4.98 Å². The second kappa shape index (κ2) is 6.29. The maximum atomic E-state index is 6.17. The Bertz CT molecular complexity index is 688. The van der Waals surface area contributed by atoms with Crippen LogP contribution < -0.4 is 15.5 Å². The second-order valence-corrected chi connectivity index (χ2v) is 6.90. The summed E-state index contributed by atoms with van der Waals surface area (Å²) >= 11 is 1.74. The van der Waals surface area contributed by atoms with Crippen LogP contribution in [0.5, 0.6) is 0 Å². The van der Waals surface area contributed by atoms with Gasteiger partial charge in [-0.05, 0) is 36.4 Å². The highest BCUT2D eigenvalue weighted by molar-refractivity contribution is 8.02. The molecule has 6 heteroatoms. The highest BCUT2D eigenvalue weighted by Gasteiger charge is 2.29. The Labute approximate surface area is 140 Å². The number of nitrogens with zero attached hydrogens (tertiary/aromatic N) is 3. The maximum Gasteiger partial charge on any atom is 0.142 e. The van der Waals surface area contributed by atoms with Crippen molar-refractivity contribution in [3.63, 3.8) is 0 Å². The molecular formula is C17H20N4OS. The number of rotatable bonds is 3. The van der Waals surface area contributed by atoms with Crippen LogP contribution in [0.2, 0.25) is 0 Å². The molecule has 2 N–H and O–H groups in total. The zero-order chi connectivity index (χ0) is 15.6. The number of piperidine rings is 1. The summed E-state index contributed by atoms with van der Waals surface area (Å²) in [5.41, 5.74) is 8.46. The van der Waals surface area contributed by atoms with Crippen molar-refractivity contribution in [2.24, 2.45) is 5.73 Å². The number of aromatic nitrogens is 1. The molecule has 1 fully saturated rings. The van der Waals surface area contributed by atoms with Gasteiger partial charge >= 0.3 is 0 Å². The molecule has 0 aliphatic carbocycles. The van der Waals surface area contributed by atoms with Crippen molar-refractivity contribution in [1.29, 1.82) is 0 Å². The highest BCUT2D eigenvalue weighted by atomic mass is 32.2. The van der Waals surface area contributed by atoms with E-state index in [1.54, 1.807) is 18.0 Å². The minimum absolute atomic E-state index is 0.117. The molecule has 0 bridgehead atoms. The van der Waals surface area contributed by atoms with E-state index in [4.69, 9.17) is 10.2 Å². The van der Waals surface area contributed by atoms with E-state index in [0.717, 1.165) is 37.4 Å². The van der Waals surface area contributed by atoms with Gasteiger partial charge in [0.25, 0.3) is 0 Å². The van der Waals surface area contributed by atoms with Gasteiger partial charge in [-0.2, -0.15) is 0 Å². The molecule has 2 aromatic rings. The Morgan fingerprint density at radius 1 is 1.30 bits per heavy atom. The molecule has 0 spiro atoms. The minimum Gasteiger partial charge on any atom is -0.466 e. The van der Waals surface area contributed by atoms with Gasteiger partial charge in [0.1, 0.15) is 11.1 Å². The zero-order valence-corrected chi connectivity index (χ0v) is 13.7. The number of pyridine rings is 1. The first-order chi connectivity index (χ1) is 11.3. The molecule has 2 aliphatic rings. The molecule has 2 atom stereocenters. The average molecular weight is 328 g/mol. The van der Waals surface area contributed by atoms with Gasteiger partial charge in [-0.25, -0.2) is 0 Å². The van der Waals surface area contributed by atoms with E-state index in [1.807, 2.05) is 24.5 Å². The Balaban J connectivity index is 1.67. The molecule has 120 valence electrons. The molecule has 0 radical (unpaired) electrons. The van der Waals surface area contributed by atoms with E-state index in [-0.39, 0.29) is 11.4 Å². The van der Waals surface area contributed by atoms with E-state index < -0.39 is 0 Å². The first-order valence-electron chi connectivity index (χ1n) is 7.91. The van der Waals surface area contributed by atoms with Crippen LogP contribution >= 0.6 is 11.8 Å². The fourth-order valence-electron chi connectivity index (χ4n) is 3.24. The predicted molar refractivity (Wildman–Crippen MR) is 94.3 cm³/mol. The molecule has 0 aromatic carbocycles. The van der Waals surface area contributed by atoms with Crippen LogP contribution in [-0.4, -0.2) is 24.1 Å². The first-order valence-corrected chi connectivity index (χ1v) is 8.85. The molecule has 2 aliphatic heterocycles. The lowest BCUT2D eigenvalue weighted by atomic mass is 10.1. The van der Waals surface area contributed by atoms with Crippen molar-refractivity contribution in [3.8, 4) is 0 Å². The third-order valence-electron chi connectivity index (χ3n) is 4.32. The van der Waals surface area contributed by atoms with Gasteiger partial charge in [0, 0.05) is 31.5 Å². The van der Waals surface area contributed by atoms with Gasteiger partial charge in [-0.15, -0.1) is 0 Å². The van der Waals surface area contributed by atoms with E-state index in [2.05, 4.69) is 32.5 Å². The fraction of sp³-hybridized carbons (Fsp3) is 0.353. The normalized spacial score (nSPS) is 24.4. The third-order valence-corrected chi connectivity index (χ3v) is 5.32. The number of thioether (sulfide) groups is 1. The molecule has 0 amide bonds. The zero-order valence-electron chi connectivity index (χ0n) is 12.8. The molecule has 5 nitrogen and oxygen atoms in total. The van der Waals surface area contributed by atoms with Crippen LogP contribution in [0.4, 0.5) is 11.4 Å². The number of hydrogen-bond acceptors (Lipinski definition) is 6. The Hall–Kier alpha value is -1.92. The first kappa shape index (κ1) is 14.7. The van der Waals surface area contributed by atoms with Crippen LogP contribution in [0.3, 0.4) is 0 Å². The molecule has 2 aromatic heterocycles. The van der Waals surface area contributed by atoms with Gasteiger partial charge in [-0.1, -0.05) is 11.8 Å². The number of nitrogens with two attached hydrogens (primary N) is 1. The van der Waals surface area contributed by atoms with Gasteiger partial charge in [0.2, 0.25) is 0 Å². The summed E-state index contributed by atoms with van der Waals surface area (Å²) in [6.07, 6.45) is 9.85. The molecule has 0 saturated carbocycles. The summed E-state index contributed by atoms with van der Waals surface area (Å²) in [7, 11) is 0. The third kappa shape index (κ3) is 2.84. The molecule has 4 rings (SSSR count). The van der Waals surface area contributed by atoms with Crippen molar-refractivity contribution in [3.05, 3.63) is 54.2 Å². The Kier molecular flexibility index (Phi) is 4.01. The fourth-order valence-corrected chi connectivity index (χ4v) is 4.17. The minimum atomic E-state index is 0.117. The largest absolute Gasteiger partial charge is 0.466 e. The molecular weight excluding hydrogens is 308 g/mol. The molecule has 23 heavy (non-hydrogen) atoms. The predicted octanol–water partition coefficient (Wildman–Crippen LogP) is 3.33. The Morgan fingerprint density at radius 2 is 2.26 bits per heavy atom. The smallest absolute Gasteiger partial charge is 0.142 e. The maximum absolute atomic E-state index is 6.17. The van der Waals surface area contributed by atoms with Crippen LogP contribution in [0.15, 0.2) is 52.9 Å². The molecule has 1 saturated heterocycles. The second-order valence-electron chi connectivity index (χ2n) is 5.91. The van der Waals surface area contributed by atoms with E-state index in [0.29, 0.717) is 0 Å². The van der Waals surface area contributed by atoms with Crippen molar-refractivity contribution in [2.45, 2.75) is 24.3 Å². The average Bonchev–Trinajstić information content (AvgIpc) is 3.26. The topological polar surface area (TPSA) is 58.5 Å². The summed E-state index contributed by atoms with van der Waals surface area (Å²) in [4.78, 5) is 8.95. The van der Waals surface area contributed by atoms with Crippen molar-refractivity contribution < 1.29 is 4.42 Å². The van der Waals surface area contributed by atoms with Crippen molar-refractivity contribution >= 4 is 23.1 Å². The van der Waals surface area contributed by atoms with Crippen LogP contribution in [0.1, 0.15) is 24.0 Å². The van der Waals surface area contributed by atoms with E-state index >= 15 is 0 Å². The number of anilines is 2. The SMILES string of the molecule is NC1CCCN(c2ccncc2N2C=CS[C@H]2c2ccco2)C1. The monoisotopic (exact) mass is 328 g/mol. The number of hydrogen-bond donors (Lipinski definition) is 1. The summed E-state index contributed by atoms with van der Waals surface area (Å²) in [6, 6.07) is 6.28. The standard InChI is InChI=1S/C17H20N4OS/c18-13-3-1-7-20(12-13)14-5-6-19-11-15(14)21-8-10-23-17(21)16-4-2-9-22-16/h2,4-6,8-11,13,17H,1,3,7,12,18H2/t13?,17-/m0/s1. The lowest BCUT2D eigenvalue weighted by Crippen LogP contribution is -2.43. The Morgan fingerprint density at radius 3 is 3.09 bits per heavy atom. The summed E-state index contributed by atoms with van der Waals surface area (Å²) in [5.74, 6) is 0.949. The summed E-state index contributed by atoms with van der Waals surface area (Å²) < 4.78 is 5.62. The van der Waals surface area contributed by atoms with Gasteiger partial charge in [0.15, 0.2) is 0 Å². The quantitative estimate of drug-likeness (QED) is 0.933. The summed E-state index contributed by atoms with van der Waals surface area (Å²) in [6.45, 7) is 1.94. The molecule has 1 unspecified atom stereocenters. The van der Waals surface area contributed by atoms with Crippen molar-refractivity contribution in [2.75, 3.05) is 22.9 Å². The van der Waals surface area contributed by atoms with Gasteiger partial charge in [0.05, 0.1) is 23.8 Å². The number of furan rings is 1. The lowest BCUT2D eigenvalue weighted by Gasteiger charge is -2.35. The van der Waals surface area contributed by atoms with Gasteiger partial charge < -0.3 is 20.0 Å². The highest BCUT2D eigenvalue weighted by Crippen LogP contribution is 2.44. The van der Waals surface area contributed by atoms with Gasteiger partial charge in [-0.3, -0.25) is 4.98 Å². The van der Waals surface area contributed by atoms with E-state index in [9.17, 15) is 0 Å². The van der Waals surface area contributed by atoms with E-state index in [1.165, 1.54) is 5.69 Å².